The lowest BCUT2D eigenvalue weighted by atomic mass is 9.94. The molecule has 104 valence electrons. The van der Waals surface area contributed by atoms with Gasteiger partial charge in [0.25, 0.3) is 0 Å². The Bertz CT molecular complexity index is 277. The van der Waals surface area contributed by atoms with E-state index in [2.05, 4.69) is 43.1 Å². The molecule has 0 bridgehead atoms. The largest absolute Gasteiger partial charge is 0.311 e. The van der Waals surface area contributed by atoms with E-state index in [1.165, 1.54) is 45.1 Å². The van der Waals surface area contributed by atoms with Gasteiger partial charge in [-0.25, -0.2) is 0 Å². The fourth-order valence-electron chi connectivity index (χ4n) is 3.17. The molecular weight excluding hydrogens is 220 g/mol. The number of likely N-dealkylation sites (tertiary alicyclic amines) is 1. The van der Waals surface area contributed by atoms with Crippen LogP contribution in [0.15, 0.2) is 12.2 Å². The monoisotopic (exact) mass is 250 g/mol. The van der Waals surface area contributed by atoms with Crippen LogP contribution < -0.4 is 5.32 Å². The van der Waals surface area contributed by atoms with Crippen molar-refractivity contribution in [1.82, 2.24) is 10.2 Å². The third-order valence-corrected chi connectivity index (χ3v) is 4.20. The molecule has 2 nitrogen and oxygen atoms in total. The van der Waals surface area contributed by atoms with E-state index in [9.17, 15) is 0 Å². The van der Waals surface area contributed by atoms with E-state index >= 15 is 0 Å². The highest BCUT2D eigenvalue weighted by molar-refractivity contribution is 5.01. The van der Waals surface area contributed by atoms with Crippen molar-refractivity contribution in [3.05, 3.63) is 12.2 Å². The van der Waals surface area contributed by atoms with E-state index in [1.54, 1.807) is 0 Å². The Morgan fingerprint density at radius 1 is 1.17 bits per heavy atom. The molecule has 1 aliphatic carbocycles. The maximum atomic E-state index is 3.69. The third kappa shape index (κ3) is 4.10. The van der Waals surface area contributed by atoms with Crippen molar-refractivity contribution in [1.29, 1.82) is 0 Å². The number of nitrogens with zero attached hydrogens (tertiary/aromatic N) is 1. The molecule has 2 unspecified atom stereocenters. The van der Waals surface area contributed by atoms with Gasteiger partial charge in [-0.15, -0.1) is 0 Å². The summed E-state index contributed by atoms with van der Waals surface area (Å²) in [5.41, 5.74) is 0.242. The Morgan fingerprint density at radius 3 is 2.67 bits per heavy atom. The number of piperidine rings is 1. The Balaban J connectivity index is 1.92. The summed E-state index contributed by atoms with van der Waals surface area (Å²) in [5, 5.41) is 3.69. The van der Waals surface area contributed by atoms with Gasteiger partial charge in [-0.2, -0.15) is 0 Å². The molecule has 1 heterocycles. The lowest BCUT2D eigenvalue weighted by Crippen LogP contribution is -2.52. The second-order valence-electron chi connectivity index (χ2n) is 6.94. The molecule has 0 spiro atoms. The van der Waals surface area contributed by atoms with Crippen molar-refractivity contribution in [2.75, 3.05) is 13.1 Å². The molecule has 0 amide bonds. The van der Waals surface area contributed by atoms with Crippen LogP contribution in [-0.2, 0) is 0 Å². The van der Waals surface area contributed by atoms with Gasteiger partial charge in [-0.1, -0.05) is 18.6 Å². The standard InChI is InChI=1S/C16H30N2/c1-16(2,3)17-13-15-11-7-8-12-18(15)14-9-5-4-6-10-14/h5,9,14-15,17H,4,6-8,10-13H2,1-3H3. The van der Waals surface area contributed by atoms with Crippen molar-refractivity contribution >= 4 is 0 Å². The Labute approximate surface area is 113 Å². The maximum Gasteiger partial charge on any atom is 0.0281 e. The summed E-state index contributed by atoms with van der Waals surface area (Å²) in [4.78, 5) is 2.76. The van der Waals surface area contributed by atoms with Crippen molar-refractivity contribution in [2.24, 2.45) is 0 Å². The molecule has 2 heteroatoms. The minimum atomic E-state index is 0.242. The molecule has 0 aromatic carbocycles. The molecule has 18 heavy (non-hydrogen) atoms. The Morgan fingerprint density at radius 2 is 2.00 bits per heavy atom. The van der Waals surface area contributed by atoms with E-state index in [0.29, 0.717) is 6.04 Å². The first-order valence-corrected chi connectivity index (χ1v) is 7.74. The van der Waals surface area contributed by atoms with Crippen LogP contribution in [0.25, 0.3) is 0 Å². The first kappa shape index (κ1) is 14.1. The van der Waals surface area contributed by atoms with E-state index in [4.69, 9.17) is 0 Å². The average molecular weight is 250 g/mol. The van der Waals surface area contributed by atoms with E-state index in [-0.39, 0.29) is 5.54 Å². The molecule has 0 aromatic rings. The maximum absolute atomic E-state index is 3.69. The minimum absolute atomic E-state index is 0.242. The quantitative estimate of drug-likeness (QED) is 0.773. The van der Waals surface area contributed by atoms with E-state index in [0.717, 1.165) is 12.6 Å². The summed E-state index contributed by atoms with van der Waals surface area (Å²) in [7, 11) is 0. The van der Waals surface area contributed by atoms with Gasteiger partial charge in [-0.05, 0) is 59.4 Å². The predicted molar refractivity (Wildman–Crippen MR) is 78.9 cm³/mol. The van der Waals surface area contributed by atoms with Gasteiger partial charge in [0.15, 0.2) is 0 Å². The van der Waals surface area contributed by atoms with E-state index in [1.807, 2.05) is 0 Å². The van der Waals surface area contributed by atoms with Crippen molar-refractivity contribution in [3.8, 4) is 0 Å². The van der Waals surface area contributed by atoms with Crippen LogP contribution >= 0.6 is 0 Å². The van der Waals surface area contributed by atoms with Gasteiger partial charge < -0.3 is 5.32 Å². The van der Waals surface area contributed by atoms with Crippen molar-refractivity contribution < 1.29 is 0 Å². The van der Waals surface area contributed by atoms with Crippen LogP contribution in [0.5, 0.6) is 0 Å². The smallest absolute Gasteiger partial charge is 0.0281 e. The van der Waals surface area contributed by atoms with Crippen LogP contribution in [0.2, 0.25) is 0 Å². The van der Waals surface area contributed by atoms with E-state index < -0.39 is 0 Å². The molecule has 0 aromatic heterocycles. The topological polar surface area (TPSA) is 15.3 Å². The first-order valence-electron chi connectivity index (χ1n) is 7.74. The lowest BCUT2D eigenvalue weighted by molar-refractivity contribution is 0.102. The predicted octanol–water partition coefficient (Wildman–Crippen LogP) is 3.34. The zero-order valence-electron chi connectivity index (χ0n) is 12.4. The summed E-state index contributed by atoms with van der Waals surface area (Å²) in [5.74, 6) is 0. The van der Waals surface area contributed by atoms with Gasteiger partial charge in [0.1, 0.15) is 0 Å². The van der Waals surface area contributed by atoms with Gasteiger partial charge in [0.05, 0.1) is 0 Å². The molecule has 1 aliphatic heterocycles. The summed E-state index contributed by atoms with van der Waals surface area (Å²) < 4.78 is 0. The van der Waals surface area contributed by atoms with Crippen LogP contribution in [0.4, 0.5) is 0 Å². The molecule has 2 aliphatic rings. The minimum Gasteiger partial charge on any atom is -0.311 e. The molecule has 1 fully saturated rings. The molecule has 2 atom stereocenters. The third-order valence-electron chi connectivity index (χ3n) is 4.20. The zero-order valence-corrected chi connectivity index (χ0v) is 12.4. The summed E-state index contributed by atoms with van der Waals surface area (Å²) >= 11 is 0. The normalized spacial score (nSPS) is 30.6. The Hall–Kier alpha value is -0.340. The van der Waals surface area contributed by atoms with Crippen molar-refractivity contribution in [3.63, 3.8) is 0 Å². The second kappa shape index (κ2) is 6.21. The average Bonchev–Trinajstić information content (AvgIpc) is 2.37. The highest BCUT2D eigenvalue weighted by atomic mass is 15.2. The van der Waals surface area contributed by atoms with Crippen LogP contribution in [-0.4, -0.2) is 35.6 Å². The van der Waals surface area contributed by atoms with Gasteiger partial charge in [-0.3, -0.25) is 4.90 Å². The molecule has 2 rings (SSSR count). The summed E-state index contributed by atoms with van der Waals surface area (Å²) in [6.07, 6.45) is 13.0. The molecular formula is C16H30N2. The van der Waals surface area contributed by atoms with Gasteiger partial charge in [0.2, 0.25) is 0 Å². The fourth-order valence-corrected chi connectivity index (χ4v) is 3.17. The highest BCUT2D eigenvalue weighted by Crippen LogP contribution is 2.25. The summed E-state index contributed by atoms with van der Waals surface area (Å²) in [6, 6.07) is 1.46. The number of nitrogens with one attached hydrogen (secondary N) is 1. The molecule has 1 saturated heterocycles. The second-order valence-corrected chi connectivity index (χ2v) is 6.94. The lowest BCUT2D eigenvalue weighted by Gasteiger charge is -2.42. The number of hydrogen-bond acceptors (Lipinski definition) is 2. The number of hydrogen-bond donors (Lipinski definition) is 1. The first-order chi connectivity index (χ1) is 8.56. The molecule has 0 radical (unpaired) electrons. The molecule has 0 saturated carbocycles. The zero-order chi connectivity index (χ0) is 13.0. The highest BCUT2D eigenvalue weighted by Gasteiger charge is 2.28. The SMILES string of the molecule is CC(C)(C)NCC1CCCCN1C1C=CCCC1. The van der Waals surface area contributed by atoms with Crippen LogP contribution in [0.3, 0.4) is 0 Å². The van der Waals surface area contributed by atoms with Gasteiger partial charge in [0, 0.05) is 24.2 Å². The van der Waals surface area contributed by atoms with Crippen LogP contribution in [0, 0.1) is 0 Å². The van der Waals surface area contributed by atoms with Gasteiger partial charge >= 0.3 is 0 Å². The summed E-state index contributed by atoms with van der Waals surface area (Å²) in [6.45, 7) is 9.24. The Kier molecular flexibility index (Phi) is 4.85. The fraction of sp³-hybridized carbons (Fsp3) is 0.875. The van der Waals surface area contributed by atoms with Crippen molar-refractivity contribution in [2.45, 2.75) is 76.9 Å². The number of allylic oxidation sites excluding steroid dienone is 1. The number of rotatable bonds is 3. The molecule has 1 N–H and O–H groups in total. The van der Waals surface area contributed by atoms with Crippen LogP contribution in [0.1, 0.15) is 59.3 Å².